The second-order valence-electron chi connectivity index (χ2n) is 7.31. The van der Waals surface area contributed by atoms with Crippen molar-refractivity contribution in [2.45, 2.75) is 36.7 Å². The zero-order chi connectivity index (χ0) is 19.2. The second kappa shape index (κ2) is 9.29. The number of likely N-dealkylation sites (tertiary alicyclic amines) is 1. The molecule has 5 heteroatoms. The minimum atomic E-state index is -0.00133. The minimum absolute atomic E-state index is 0.00133. The van der Waals surface area contributed by atoms with E-state index in [1.54, 1.807) is 11.8 Å². The summed E-state index contributed by atoms with van der Waals surface area (Å²) in [5.41, 5.74) is 3.41. The highest BCUT2D eigenvalue weighted by Crippen LogP contribution is 2.32. The number of thioether (sulfide) groups is 1. The van der Waals surface area contributed by atoms with Gasteiger partial charge in [0.25, 0.3) is 0 Å². The maximum absolute atomic E-state index is 13.0. The van der Waals surface area contributed by atoms with Gasteiger partial charge in [-0.05, 0) is 62.9 Å². The molecule has 1 atom stereocenters. The first-order valence-corrected chi connectivity index (χ1v) is 10.7. The van der Waals surface area contributed by atoms with Crippen LogP contribution in [0.5, 0.6) is 0 Å². The average Bonchev–Trinajstić information content (AvgIpc) is 2.68. The summed E-state index contributed by atoms with van der Waals surface area (Å²) < 4.78 is 0. The summed E-state index contributed by atoms with van der Waals surface area (Å²) in [6, 6.07) is 16.9. The number of urea groups is 1. The van der Waals surface area contributed by atoms with Gasteiger partial charge in [0, 0.05) is 18.0 Å². The molecule has 2 aromatic rings. The maximum Gasteiger partial charge on any atom is 0.322 e. The van der Waals surface area contributed by atoms with Gasteiger partial charge in [-0.25, -0.2) is 4.79 Å². The zero-order valence-corrected chi connectivity index (χ0v) is 17.3. The van der Waals surface area contributed by atoms with Crippen LogP contribution in [0.1, 0.15) is 36.4 Å². The standard InChI is InChI=1S/C22H29N3OS/c1-24(2)16-17-11-13-18(14-12-17)20-9-6-7-15-25(20)22(26)23-19-8-4-5-10-21(19)27-3/h4-5,8,10-14,20H,6-7,9,15-16H2,1-3H3,(H,23,26). The van der Waals surface area contributed by atoms with E-state index in [0.717, 1.165) is 42.9 Å². The van der Waals surface area contributed by atoms with Crippen LogP contribution >= 0.6 is 11.8 Å². The fourth-order valence-corrected chi connectivity index (χ4v) is 4.22. The van der Waals surface area contributed by atoms with E-state index in [0.29, 0.717) is 0 Å². The van der Waals surface area contributed by atoms with Gasteiger partial charge >= 0.3 is 6.03 Å². The quantitative estimate of drug-likeness (QED) is 0.718. The Morgan fingerprint density at radius 2 is 1.89 bits per heavy atom. The molecule has 1 unspecified atom stereocenters. The normalized spacial score (nSPS) is 17.2. The van der Waals surface area contributed by atoms with E-state index in [4.69, 9.17) is 0 Å². The van der Waals surface area contributed by atoms with Gasteiger partial charge in [-0.15, -0.1) is 11.8 Å². The molecule has 1 aliphatic heterocycles. The third-order valence-corrected chi connectivity index (χ3v) is 5.77. The molecule has 2 amide bonds. The molecule has 0 aliphatic carbocycles. The summed E-state index contributed by atoms with van der Waals surface area (Å²) in [4.78, 5) is 18.3. The largest absolute Gasteiger partial charge is 0.322 e. The molecule has 27 heavy (non-hydrogen) atoms. The first-order valence-electron chi connectivity index (χ1n) is 9.52. The lowest BCUT2D eigenvalue weighted by Gasteiger charge is -2.36. The number of hydrogen-bond acceptors (Lipinski definition) is 3. The number of carbonyl (C=O) groups excluding carboxylic acids is 1. The predicted octanol–water partition coefficient (Wildman–Crippen LogP) is 5.23. The minimum Gasteiger partial charge on any atom is -0.317 e. The molecular formula is C22H29N3OS. The third kappa shape index (κ3) is 5.05. The van der Waals surface area contributed by atoms with Gasteiger partial charge in [-0.1, -0.05) is 36.4 Å². The van der Waals surface area contributed by atoms with E-state index < -0.39 is 0 Å². The van der Waals surface area contributed by atoms with Crippen molar-refractivity contribution in [1.82, 2.24) is 9.80 Å². The fraction of sp³-hybridized carbons (Fsp3) is 0.409. The van der Waals surface area contributed by atoms with Crippen molar-refractivity contribution in [2.75, 3.05) is 32.2 Å². The summed E-state index contributed by atoms with van der Waals surface area (Å²) in [6.45, 7) is 1.73. The average molecular weight is 384 g/mol. The Hall–Kier alpha value is -1.98. The lowest BCUT2D eigenvalue weighted by atomic mass is 9.95. The van der Waals surface area contributed by atoms with E-state index in [1.807, 2.05) is 35.4 Å². The van der Waals surface area contributed by atoms with E-state index >= 15 is 0 Å². The van der Waals surface area contributed by atoms with Gasteiger partial charge in [-0.3, -0.25) is 0 Å². The number of amides is 2. The van der Waals surface area contributed by atoms with Crippen molar-refractivity contribution in [3.63, 3.8) is 0 Å². The number of para-hydroxylation sites is 1. The topological polar surface area (TPSA) is 35.6 Å². The summed E-state index contributed by atoms with van der Waals surface area (Å²) in [6.07, 6.45) is 5.27. The monoisotopic (exact) mass is 383 g/mol. The van der Waals surface area contributed by atoms with Crippen LogP contribution in [0, 0.1) is 0 Å². The third-order valence-electron chi connectivity index (χ3n) is 4.98. The predicted molar refractivity (Wildman–Crippen MR) is 114 cm³/mol. The summed E-state index contributed by atoms with van der Waals surface area (Å²) >= 11 is 1.65. The Morgan fingerprint density at radius 3 is 2.59 bits per heavy atom. The van der Waals surface area contributed by atoms with Gasteiger partial charge in [0.05, 0.1) is 11.7 Å². The van der Waals surface area contributed by atoms with Gasteiger partial charge in [-0.2, -0.15) is 0 Å². The summed E-state index contributed by atoms with van der Waals surface area (Å²) in [5.74, 6) is 0. The fourth-order valence-electron chi connectivity index (χ4n) is 3.67. The molecule has 2 aromatic carbocycles. The highest BCUT2D eigenvalue weighted by Gasteiger charge is 2.28. The molecule has 0 saturated carbocycles. The van der Waals surface area contributed by atoms with Crippen molar-refractivity contribution >= 4 is 23.5 Å². The van der Waals surface area contributed by atoms with Crippen LogP contribution in [-0.2, 0) is 6.54 Å². The second-order valence-corrected chi connectivity index (χ2v) is 8.16. The van der Waals surface area contributed by atoms with Gasteiger partial charge in [0.2, 0.25) is 0 Å². The Balaban J connectivity index is 1.75. The van der Waals surface area contributed by atoms with E-state index in [9.17, 15) is 4.79 Å². The molecule has 0 bridgehead atoms. The number of rotatable bonds is 5. The number of carbonyl (C=O) groups is 1. The first kappa shape index (κ1) is 19.8. The Bertz CT molecular complexity index is 760. The molecule has 3 rings (SSSR count). The highest BCUT2D eigenvalue weighted by molar-refractivity contribution is 7.98. The Labute approximate surface area is 166 Å². The number of hydrogen-bond donors (Lipinski definition) is 1. The summed E-state index contributed by atoms with van der Waals surface area (Å²) in [7, 11) is 4.15. The van der Waals surface area contributed by atoms with Crippen molar-refractivity contribution in [2.24, 2.45) is 0 Å². The van der Waals surface area contributed by atoms with Crippen LogP contribution in [0.4, 0.5) is 10.5 Å². The van der Waals surface area contributed by atoms with Crippen LogP contribution in [0.15, 0.2) is 53.4 Å². The van der Waals surface area contributed by atoms with Crippen LogP contribution in [0.3, 0.4) is 0 Å². The van der Waals surface area contributed by atoms with Crippen LogP contribution < -0.4 is 5.32 Å². The molecular weight excluding hydrogens is 354 g/mol. The molecule has 1 aliphatic rings. The summed E-state index contributed by atoms with van der Waals surface area (Å²) in [5, 5.41) is 3.13. The number of nitrogens with one attached hydrogen (secondary N) is 1. The van der Waals surface area contributed by atoms with Gasteiger partial charge in [0.15, 0.2) is 0 Å². The van der Waals surface area contributed by atoms with Crippen molar-refractivity contribution in [3.05, 3.63) is 59.7 Å². The van der Waals surface area contributed by atoms with E-state index in [2.05, 4.69) is 48.6 Å². The van der Waals surface area contributed by atoms with Crippen molar-refractivity contribution < 1.29 is 4.79 Å². The van der Waals surface area contributed by atoms with Crippen LogP contribution in [0.25, 0.3) is 0 Å². The van der Waals surface area contributed by atoms with Crippen molar-refractivity contribution in [1.29, 1.82) is 0 Å². The number of benzene rings is 2. The van der Waals surface area contributed by atoms with E-state index in [-0.39, 0.29) is 12.1 Å². The zero-order valence-electron chi connectivity index (χ0n) is 16.4. The molecule has 4 nitrogen and oxygen atoms in total. The number of piperidine rings is 1. The first-order chi connectivity index (χ1) is 13.1. The molecule has 0 aromatic heterocycles. The SMILES string of the molecule is CSc1ccccc1NC(=O)N1CCCCC1c1ccc(CN(C)C)cc1. The Kier molecular flexibility index (Phi) is 6.80. The number of nitrogens with zero attached hydrogens (tertiary/aromatic N) is 2. The molecule has 1 N–H and O–H groups in total. The smallest absolute Gasteiger partial charge is 0.317 e. The molecule has 1 fully saturated rings. The van der Waals surface area contributed by atoms with Crippen molar-refractivity contribution in [3.8, 4) is 0 Å². The molecule has 1 saturated heterocycles. The Morgan fingerprint density at radius 1 is 1.15 bits per heavy atom. The molecule has 0 spiro atoms. The van der Waals surface area contributed by atoms with Gasteiger partial charge in [0.1, 0.15) is 0 Å². The maximum atomic E-state index is 13.0. The molecule has 1 heterocycles. The number of anilines is 1. The van der Waals surface area contributed by atoms with Crippen LogP contribution in [-0.4, -0.2) is 42.7 Å². The lowest BCUT2D eigenvalue weighted by molar-refractivity contribution is 0.163. The highest BCUT2D eigenvalue weighted by atomic mass is 32.2. The molecule has 144 valence electrons. The van der Waals surface area contributed by atoms with E-state index in [1.165, 1.54) is 11.1 Å². The van der Waals surface area contributed by atoms with Crippen LogP contribution in [0.2, 0.25) is 0 Å². The van der Waals surface area contributed by atoms with Gasteiger partial charge < -0.3 is 15.1 Å². The lowest BCUT2D eigenvalue weighted by Crippen LogP contribution is -2.41. The molecule has 0 radical (unpaired) electrons.